The molecule has 0 spiro atoms. The average Bonchev–Trinajstić information content (AvgIpc) is 2.83. The summed E-state index contributed by atoms with van der Waals surface area (Å²) < 4.78 is 0. The van der Waals surface area contributed by atoms with Gasteiger partial charge in [0.05, 0.1) is 5.60 Å². The molecule has 86 valence electrons. The van der Waals surface area contributed by atoms with Gasteiger partial charge in [0.2, 0.25) is 0 Å². The van der Waals surface area contributed by atoms with Crippen LogP contribution in [-0.4, -0.2) is 10.7 Å². The van der Waals surface area contributed by atoms with Crippen molar-refractivity contribution in [2.24, 2.45) is 0 Å². The molecule has 1 N–H and O–H groups in total. The number of hydrogen-bond donors (Lipinski definition) is 1. The van der Waals surface area contributed by atoms with E-state index in [1.807, 2.05) is 0 Å². The van der Waals surface area contributed by atoms with Crippen LogP contribution < -0.4 is 0 Å². The summed E-state index contributed by atoms with van der Waals surface area (Å²) in [5.41, 5.74) is 2.56. The summed E-state index contributed by atoms with van der Waals surface area (Å²) in [7, 11) is 0. The fourth-order valence-corrected chi connectivity index (χ4v) is 3.01. The zero-order valence-corrected chi connectivity index (χ0v) is 9.78. The van der Waals surface area contributed by atoms with E-state index in [9.17, 15) is 5.11 Å². The van der Waals surface area contributed by atoms with Gasteiger partial charge in [0.1, 0.15) is 0 Å². The van der Waals surface area contributed by atoms with Crippen LogP contribution >= 0.6 is 0 Å². The maximum absolute atomic E-state index is 10.0. The standard InChI is InChI=1S/C15H20O/c16-15(9-10-15)11-13-7-3-4-8-14(13)12-5-1-2-6-12/h3-4,7-8,12,16H,1-2,5-6,9-11H2. The summed E-state index contributed by atoms with van der Waals surface area (Å²) in [6, 6.07) is 8.74. The smallest absolute Gasteiger partial charge is 0.0690 e. The Morgan fingerprint density at radius 2 is 1.81 bits per heavy atom. The third kappa shape index (κ3) is 2.01. The Balaban J connectivity index is 1.85. The maximum atomic E-state index is 10.0. The first kappa shape index (κ1) is 10.3. The Bertz CT molecular complexity index is 373. The molecule has 1 aromatic carbocycles. The quantitative estimate of drug-likeness (QED) is 0.821. The van der Waals surface area contributed by atoms with Crippen molar-refractivity contribution in [2.45, 2.75) is 56.5 Å². The lowest BCUT2D eigenvalue weighted by atomic mass is 9.90. The third-order valence-electron chi connectivity index (χ3n) is 4.20. The van der Waals surface area contributed by atoms with Crippen molar-refractivity contribution in [1.29, 1.82) is 0 Å². The number of aliphatic hydroxyl groups is 1. The van der Waals surface area contributed by atoms with Gasteiger partial charge in [0.15, 0.2) is 0 Å². The Morgan fingerprint density at radius 1 is 1.12 bits per heavy atom. The van der Waals surface area contributed by atoms with Crippen molar-refractivity contribution < 1.29 is 5.11 Å². The van der Waals surface area contributed by atoms with Crippen LogP contribution in [0.4, 0.5) is 0 Å². The highest BCUT2D eigenvalue weighted by Crippen LogP contribution is 2.42. The molecule has 0 amide bonds. The number of rotatable bonds is 3. The van der Waals surface area contributed by atoms with Crippen molar-refractivity contribution >= 4 is 0 Å². The van der Waals surface area contributed by atoms with Crippen LogP contribution in [0.1, 0.15) is 55.6 Å². The van der Waals surface area contributed by atoms with Crippen LogP contribution in [0.3, 0.4) is 0 Å². The Kier molecular flexibility index (Phi) is 2.51. The molecule has 16 heavy (non-hydrogen) atoms. The lowest BCUT2D eigenvalue weighted by Gasteiger charge is -2.17. The average molecular weight is 216 g/mol. The molecule has 2 fully saturated rings. The van der Waals surface area contributed by atoms with Gasteiger partial charge in [-0.25, -0.2) is 0 Å². The zero-order valence-electron chi connectivity index (χ0n) is 9.78. The van der Waals surface area contributed by atoms with E-state index >= 15 is 0 Å². The molecule has 0 unspecified atom stereocenters. The molecular formula is C15H20O. The molecular weight excluding hydrogens is 196 g/mol. The molecule has 0 atom stereocenters. The van der Waals surface area contributed by atoms with Crippen molar-refractivity contribution in [2.75, 3.05) is 0 Å². The minimum atomic E-state index is -0.352. The summed E-state index contributed by atoms with van der Waals surface area (Å²) in [6.07, 6.45) is 8.30. The van der Waals surface area contributed by atoms with Gasteiger partial charge in [-0.1, -0.05) is 37.1 Å². The van der Waals surface area contributed by atoms with E-state index in [4.69, 9.17) is 0 Å². The van der Waals surface area contributed by atoms with Gasteiger partial charge >= 0.3 is 0 Å². The predicted octanol–water partition coefficient (Wildman–Crippen LogP) is 3.41. The first-order chi connectivity index (χ1) is 7.77. The van der Waals surface area contributed by atoms with Crippen molar-refractivity contribution in [1.82, 2.24) is 0 Å². The largest absolute Gasteiger partial charge is 0.390 e. The Morgan fingerprint density at radius 3 is 2.50 bits per heavy atom. The molecule has 3 rings (SSSR count). The van der Waals surface area contributed by atoms with Gasteiger partial charge in [0, 0.05) is 6.42 Å². The molecule has 0 radical (unpaired) electrons. The summed E-state index contributed by atoms with van der Waals surface area (Å²) in [4.78, 5) is 0. The number of hydrogen-bond acceptors (Lipinski definition) is 1. The van der Waals surface area contributed by atoms with Gasteiger partial charge < -0.3 is 5.11 Å². The van der Waals surface area contributed by atoms with Crippen LogP contribution in [0, 0.1) is 0 Å². The van der Waals surface area contributed by atoms with E-state index < -0.39 is 0 Å². The lowest BCUT2D eigenvalue weighted by molar-refractivity contribution is 0.150. The molecule has 1 heteroatoms. The second kappa shape index (κ2) is 3.89. The van der Waals surface area contributed by atoms with E-state index in [0.717, 1.165) is 25.2 Å². The van der Waals surface area contributed by atoms with Gasteiger partial charge in [-0.2, -0.15) is 0 Å². The molecule has 0 heterocycles. The van der Waals surface area contributed by atoms with Crippen LogP contribution in [0.25, 0.3) is 0 Å². The molecule has 0 bridgehead atoms. The second-order valence-electron chi connectivity index (χ2n) is 5.58. The number of benzene rings is 1. The molecule has 0 aromatic heterocycles. The van der Waals surface area contributed by atoms with Crippen LogP contribution in [0.5, 0.6) is 0 Å². The predicted molar refractivity (Wildman–Crippen MR) is 65.5 cm³/mol. The SMILES string of the molecule is OC1(Cc2ccccc2C2CCCC2)CC1. The molecule has 0 saturated heterocycles. The molecule has 2 aliphatic rings. The maximum Gasteiger partial charge on any atom is 0.0690 e. The summed E-state index contributed by atoms with van der Waals surface area (Å²) in [5, 5.41) is 10.0. The highest BCUT2D eigenvalue weighted by Gasteiger charge is 2.40. The van der Waals surface area contributed by atoms with Gasteiger partial charge in [-0.15, -0.1) is 0 Å². The van der Waals surface area contributed by atoms with E-state index in [1.165, 1.54) is 36.8 Å². The normalized spacial score (nSPS) is 23.6. The van der Waals surface area contributed by atoms with Crippen molar-refractivity contribution in [3.8, 4) is 0 Å². The first-order valence-electron chi connectivity index (χ1n) is 6.57. The van der Waals surface area contributed by atoms with Crippen LogP contribution in [-0.2, 0) is 6.42 Å². The lowest BCUT2D eigenvalue weighted by Crippen LogP contribution is -2.13. The fraction of sp³-hybridized carbons (Fsp3) is 0.600. The van der Waals surface area contributed by atoms with Gasteiger partial charge in [-0.05, 0) is 42.7 Å². The zero-order chi connectivity index (χ0) is 11.0. The monoisotopic (exact) mass is 216 g/mol. The van der Waals surface area contributed by atoms with Crippen LogP contribution in [0.2, 0.25) is 0 Å². The summed E-state index contributed by atoms with van der Waals surface area (Å²) >= 11 is 0. The fourth-order valence-electron chi connectivity index (χ4n) is 3.01. The third-order valence-corrected chi connectivity index (χ3v) is 4.20. The molecule has 1 aromatic rings. The van der Waals surface area contributed by atoms with E-state index in [2.05, 4.69) is 24.3 Å². The van der Waals surface area contributed by atoms with E-state index in [0.29, 0.717) is 0 Å². The minimum Gasteiger partial charge on any atom is -0.390 e. The minimum absolute atomic E-state index is 0.352. The topological polar surface area (TPSA) is 20.2 Å². The molecule has 2 aliphatic carbocycles. The first-order valence-corrected chi connectivity index (χ1v) is 6.57. The molecule has 0 aliphatic heterocycles. The molecule has 2 saturated carbocycles. The second-order valence-corrected chi connectivity index (χ2v) is 5.58. The molecule has 1 nitrogen and oxygen atoms in total. The van der Waals surface area contributed by atoms with Crippen LogP contribution in [0.15, 0.2) is 24.3 Å². The van der Waals surface area contributed by atoms with Gasteiger partial charge in [-0.3, -0.25) is 0 Å². The van der Waals surface area contributed by atoms with E-state index in [1.54, 1.807) is 0 Å². The summed E-state index contributed by atoms with van der Waals surface area (Å²) in [6.45, 7) is 0. The van der Waals surface area contributed by atoms with E-state index in [-0.39, 0.29) is 5.60 Å². The van der Waals surface area contributed by atoms with Crippen molar-refractivity contribution in [3.63, 3.8) is 0 Å². The Hall–Kier alpha value is -0.820. The van der Waals surface area contributed by atoms with Gasteiger partial charge in [0.25, 0.3) is 0 Å². The Labute approximate surface area is 97.5 Å². The highest BCUT2D eigenvalue weighted by molar-refractivity contribution is 5.33. The summed E-state index contributed by atoms with van der Waals surface area (Å²) in [5.74, 6) is 0.763. The highest BCUT2D eigenvalue weighted by atomic mass is 16.3. The van der Waals surface area contributed by atoms with Crippen molar-refractivity contribution in [3.05, 3.63) is 35.4 Å².